The molecule has 0 atom stereocenters. The number of benzene rings is 1. The first-order valence-corrected chi connectivity index (χ1v) is 6.61. The summed E-state index contributed by atoms with van der Waals surface area (Å²) in [6.45, 7) is 0. The van der Waals surface area contributed by atoms with Gasteiger partial charge in [-0.25, -0.2) is 9.37 Å². The molecule has 2 rings (SSSR count). The van der Waals surface area contributed by atoms with Gasteiger partial charge < -0.3 is 4.74 Å². The average Bonchev–Trinajstić information content (AvgIpc) is 2.56. The summed E-state index contributed by atoms with van der Waals surface area (Å²) < 4.78 is 108. The van der Waals surface area contributed by atoms with Gasteiger partial charge in [0.2, 0.25) is 0 Å². The number of ether oxygens (including phenoxy) is 1. The lowest BCUT2D eigenvalue weighted by atomic mass is 10.0. The van der Waals surface area contributed by atoms with Crippen molar-refractivity contribution in [2.45, 2.75) is 18.0 Å². The second kappa shape index (κ2) is 6.54. The number of nitrogens with zero attached hydrogens (tertiary/aromatic N) is 1. The van der Waals surface area contributed by atoms with Crippen molar-refractivity contribution in [1.29, 1.82) is 0 Å². The molecule has 26 heavy (non-hydrogen) atoms. The lowest BCUT2D eigenvalue weighted by Gasteiger charge is -2.28. The molecule has 0 saturated heterocycles. The molecule has 0 bridgehead atoms. The molecule has 0 aliphatic carbocycles. The third kappa shape index (κ3) is 3.46. The van der Waals surface area contributed by atoms with E-state index in [9.17, 15) is 39.9 Å². The Bertz CT molecular complexity index is 802. The number of aldehydes is 1. The summed E-state index contributed by atoms with van der Waals surface area (Å²) in [6.07, 6.45) is -5.21. The van der Waals surface area contributed by atoms with Crippen LogP contribution < -0.4 is 4.74 Å². The standard InChI is InChI=1S/C15H7F8NO2/c16-11-5-8(7-25)6-24-12(11)26-10-3-1-9(2-4-10)13(17,18)14(19,20)15(21,22)23/h1-7H. The molecule has 1 aromatic heterocycles. The van der Waals surface area contributed by atoms with Gasteiger partial charge in [0.15, 0.2) is 12.1 Å². The van der Waals surface area contributed by atoms with Crippen LogP contribution in [-0.2, 0) is 5.92 Å². The number of carbonyl (C=O) groups excluding carboxylic acids is 1. The van der Waals surface area contributed by atoms with Gasteiger partial charge in [-0.3, -0.25) is 4.79 Å². The molecule has 140 valence electrons. The second-order valence-electron chi connectivity index (χ2n) is 4.95. The first-order valence-electron chi connectivity index (χ1n) is 6.61. The van der Waals surface area contributed by atoms with Gasteiger partial charge in [-0.05, 0) is 30.3 Å². The zero-order chi connectivity index (χ0) is 19.8. The Balaban J connectivity index is 2.27. The van der Waals surface area contributed by atoms with E-state index < -0.39 is 35.3 Å². The van der Waals surface area contributed by atoms with Gasteiger partial charge in [-0.2, -0.15) is 30.7 Å². The Morgan fingerprint density at radius 2 is 1.54 bits per heavy atom. The predicted octanol–water partition coefficient (Wildman–Crippen LogP) is 5.11. The summed E-state index contributed by atoms with van der Waals surface area (Å²) in [6, 6.07) is 2.62. The van der Waals surface area contributed by atoms with E-state index in [1.54, 1.807) is 0 Å². The number of halogens is 8. The van der Waals surface area contributed by atoms with Gasteiger partial charge in [0.25, 0.3) is 5.88 Å². The van der Waals surface area contributed by atoms with Crippen LogP contribution in [0, 0.1) is 5.82 Å². The second-order valence-corrected chi connectivity index (χ2v) is 4.95. The summed E-state index contributed by atoms with van der Waals surface area (Å²) in [5.41, 5.74) is -1.73. The zero-order valence-corrected chi connectivity index (χ0v) is 12.3. The fraction of sp³-hybridized carbons (Fsp3) is 0.200. The monoisotopic (exact) mass is 385 g/mol. The summed E-state index contributed by atoms with van der Waals surface area (Å²) in [5.74, 6) is -13.9. The first-order chi connectivity index (χ1) is 11.9. The van der Waals surface area contributed by atoms with E-state index in [1.807, 2.05) is 0 Å². The van der Waals surface area contributed by atoms with Gasteiger partial charge >= 0.3 is 18.0 Å². The Morgan fingerprint density at radius 3 is 2.00 bits per heavy atom. The van der Waals surface area contributed by atoms with Crippen LogP contribution in [0.2, 0.25) is 0 Å². The largest absolute Gasteiger partial charge is 0.460 e. The number of hydrogen-bond acceptors (Lipinski definition) is 3. The topological polar surface area (TPSA) is 39.2 Å². The summed E-state index contributed by atoms with van der Waals surface area (Å²) in [5, 5.41) is 0. The highest BCUT2D eigenvalue weighted by molar-refractivity contribution is 5.74. The van der Waals surface area contributed by atoms with Crippen LogP contribution in [-0.4, -0.2) is 23.4 Å². The maximum atomic E-state index is 13.6. The third-order valence-electron chi connectivity index (χ3n) is 3.15. The molecule has 0 aliphatic heterocycles. The molecule has 0 amide bonds. The van der Waals surface area contributed by atoms with E-state index >= 15 is 0 Å². The normalized spacial score (nSPS) is 12.8. The summed E-state index contributed by atoms with van der Waals surface area (Å²) in [4.78, 5) is 13.9. The van der Waals surface area contributed by atoms with Crippen molar-refractivity contribution in [1.82, 2.24) is 4.98 Å². The number of aromatic nitrogens is 1. The maximum Gasteiger partial charge on any atom is 0.460 e. The Hall–Kier alpha value is -2.72. The molecule has 0 saturated carbocycles. The van der Waals surface area contributed by atoms with E-state index in [2.05, 4.69) is 4.98 Å². The molecule has 2 aromatic rings. The number of pyridine rings is 1. The first kappa shape index (κ1) is 19.6. The minimum atomic E-state index is -6.46. The highest BCUT2D eigenvalue weighted by Crippen LogP contribution is 2.51. The molecule has 0 radical (unpaired) electrons. The van der Waals surface area contributed by atoms with Crippen LogP contribution in [0.3, 0.4) is 0 Å². The SMILES string of the molecule is O=Cc1cnc(Oc2ccc(C(F)(F)C(F)(F)C(F)(F)F)cc2)c(F)c1. The molecule has 0 unspecified atom stereocenters. The summed E-state index contributed by atoms with van der Waals surface area (Å²) >= 11 is 0. The van der Waals surface area contributed by atoms with Crippen LogP contribution >= 0.6 is 0 Å². The van der Waals surface area contributed by atoms with Crippen LogP contribution in [0.1, 0.15) is 15.9 Å². The molecule has 1 aromatic carbocycles. The van der Waals surface area contributed by atoms with Crippen LogP contribution in [0.4, 0.5) is 35.1 Å². The lowest BCUT2D eigenvalue weighted by molar-refractivity contribution is -0.359. The molecule has 0 N–H and O–H groups in total. The Morgan fingerprint density at radius 1 is 0.962 bits per heavy atom. The van der Waals surface area contributed by atoms with Crippen molar-refractivity contribution < 1.29 is 44.7 Å². The fourth-order valence-electron chi connectivity index (χ4n) is 1.78. The molecule has 0 spiro atoms. The number of hydrogen-bond donors (Lipinski definition) is 0. The summed E-state index contributed by atoms with van der Waals surface area (Å²) in [7, 11) is 0. The minimum Gasteiger partial charge on any atom is -0.436 e. The van der Waals surface area contributed by atoms with Crippen molar-refractivity contribution in [3.05, 3.63) is 53.5 Å². The molecule has 0 fully saturated rings. The predicted molar refractivity (Wildman–Crippen MR) is 71.0 cm³/mol. The Labute approximate surface area is 140 Å². The van der Waals surface area contributed by atoms with E-state index in [0.717, 1.165) is 12.3 Å². The van der Waals surface area contributed by atoms with Gasteiger partial charge in [0.05, 0.1) is 0 Å². The number of rotatable bonds is 5. The molecule has 3 nitrogen and oxygen atoms in total. The molecule has 0 aliphatic rings. The van der Waals surface area contributed by atoms with E-state index in [1.165, 1.54) is 0 Å². The molecule has 11 heteroatoms. The number of carbonyl (C=O) groups is 1. The molecular formula is C15H7F8NO2. The van der Waals surface area contributed by atoms with Crippen molar-refractivity contribution in [2.75, 3.05) is 0 Å². The zero-order valence-electron chi connectivity index (χ0n) is 12.3. The van der Waals surface area contributed by atoms with Gasteiger partial charge in [-0.1, -0.05) is 0 Å². The van der Waals surface area contributed by atoms with Gasteiger partial charge in [0.1, 0.15) is 5.75 Å². The van der Waals surface area contributed by atoms with E-state index in [0.29, 0.717) is 18.4 Å². The van der Waals surface area contributed by atoms with Crippen LogP contribution in [0.15, 0.2) is 36.5 Å². The smallest absolute Gasteiger partial charge is 0.436 e. The maximum absolute atomic E-state index is 13.6. The molecular weight excluding hydrogens is 378 g/mol. The van der Waals surface area contributed by atoms with Crippen molar-refractivity contribution in [2.24, 2.45) is 0 Å². The van der Waals surface area contributed by atoms with Crippen LogP contribution in [0.25, 0.3) is 0 Å². The lowest BCUT2D eigenvalue weighted by Crippen LogP contribution is -2.49. The van der Waals surface area contributed by atoms with Crippen molar-refractivity contribution in [3.8, 4) is 11.6 Å². The number of alkyl halides is 7. The minimum absolute atomic E-state index is 0.112. The van der Waals surface area contributed by atoms with E-state index in [4.69, 9.17) is 4.74 Å². The van der Waals surface area contributed by atoms with Crippen molar-refractivity contribution in [3.63, 3.8) is 0 Å². The average molecular weight is 385 g/mol. The van der Waals surface area contributed by atoms with E-state index in [-0.39, 0.29) is 23.4 Å². The van der Waals surface area contributed by atoms with Gasteiger partial charge in [0, 0.05) is 17.3 Å². The molecule has 1 heterocycles. The van der Waals surface area contributed by atoms with Gasteiger partial charge in [-0.15, -0.1) is 0 Å². The quantitative estimate of drug-likeness (QED) is 0.530. The highest BCUT2D eigenvalue weighted by Gasteiger charge is 2.73. The van der Waals surface area contributed by atoms with Crippen LogP contribution in [0.5, 0.6) is 11.6 Å². The highest BCUT2D eigenvalue weighted by atomic mass is 19.4. The third-order valence-corrected chi connectivity index (χ3v) is 3.15. The fourth-order valence-corrected chi connectivity index (χ4v) is 1.78. The van der Waals surface area contributed by atoms with Crippen molar-refractivity contribution >= 4 is 6.29 Å². The Kier molecular flexibility index (Phi) is 4.93.